The van der Waals surface area contributed by atoms with Gasteiger partial charge in [-0.05, 0) is 24.7 Å². The number of carbonyl (C=O) groups excluding carboxylic acids is 2. The van der Waals surface area contributed by atoms with Crippen LogP contribution >= 0.6 is 0 Å². The van der Waals surface area contributed by atoms with E-state index in [-0.39, 0.29) is 11.7 Å². The third-order valence-corrected chi connectivity index (χ3v) is 1.61. The maximum Gasteiger partial charge on any atom is 0.208 e. The first kappa shape index (κ1) is 9.90. The molecule has 0 rings (SSSR count). The summed E-state index contributed by atoms with van der Waals surface area (Å²) in [5.41, 5.74) is 0. The Kier molecular flexibility index (Phi) is 5.10. The minimum absolute atomic E-state index is 0.00227. The van der Waals surface area contributed by atoms with E-state index in [0.29, 0.717) is 6.29 Å². The molecule has 0 N–H and O–H groups in total. The molecule has 0 aromatic heterocycles. The highest BCUT2D eigenvalue weighted by Gasteiger charge is 2.10. The van der Waals surface area contributed by atoms with Crippen LogP contribution in [0.2, 0.25) is 0 Å². The summed E-state index contributed by atoms with van der Waals surface area (Å²) in [6.45, 7) is 3.88. The summed E-state index contributed by atoms with van der Waals surface area (Å²) in [6, 6.07) is 0. The zero-order valence-corrected chi connectivity index (χ0v) is 6.89. The monoisotopic (exact) mass is 152 g/mol. The quantitative estimate of drug-likeness (QED) is 0.346. The molecule has 0 atom stereocenters. The molecule has 0 saturated carbocycles. The average molecular weight is 152 g/mol. The van der Waals surface area contributed by atoms with Crippen molar-refractivity contribution in [3.05, 3.63) is 0 Å². The smallest absolute Gasteiger partial charge is 0.208 e. The van der Waals surface area contributed by atoms with E-state index in [9.17, 15) is 9.59 Å². The Labute approximate surface area is 67.0 Å². The zero-order valence-electron chi connectivity index (χ0n) is 6.89. The van der Waals surface area contributed by atoms with Crippen molar-refractivity contribution >= 4 is 12.1 Å². The standard InChI is InChI=1S/C9H12O2/c1-3-8(4-2)9(11)6-5-7-10/h7-8H,3-4H2,1-2H3. The van der Waals surface area contributed by atoms with Crippen molar-refractivity contribution in [2.24, 2.45) is 5.92 Å². The van der Waals surface area contributed by atoms with Crippen LogP contribution in [0.4, 0.5) is 0 Å². The van der Waals surface area contributed by atoms with Gasteiger partial charge in [-0.3, -0.25) is 9.59 Å². The van der Waals surface area contributed by atoms with Crippen molar-refractivity contribution in [3.8, 4) is 11.8 Å². The number of hydrogen-bond donors (Lipinski definition) is 0. The maximum absolute atomic E-state index is 11.0. The molecule has 0 spiro atoms. The summed E-state index contributed by atoms with van der Waals surface area (Å²) in [5.74, 6) is 4.27. The first-order valence-electron chi connectivity index (χ1n) is 3.75. The minimum atomic E-state index is -0.123. The van der Waals surface area contributed by atoms with Crippen molar-refractivity contribution in [2.45, 2.75) is 26.7 Å². The molecule has 0 radical (unpaired) electrons. The molecule has 0 aromatic rings. The highest BCUT2D eigenvalue weighted by atomic mass is 16.1. The molecule has 0 aliphatic carbocycles. The van der Waals surface area contributed by atoms with E-state index < -0.39 is 0 Å². The van der Waals surface area contributed by atoms with E-state index in [1.165, 1.54) is 0 Å². The number of aldehydes is 1. The van der Waals surface area contributed by atoms with Crippen LogP contribution in [0.3, 0.4) is 0 Å². The number of carbonyl (C=O) groups is 2. The third kappa shape index (κ3) is 3.57. The van der Waals surface area contributed by atoms with Gasteiger partial charge in [0.1, 0.15) is 0 Å². The topological polar surface area (TPSA) is 34.1 Å². The van der Waals surface area contributed by atoms with Gasteiger partial charge in [0.15, 0.2) is 6.29 Å². The van der Waals surface area contributed by atoms with Crippen molar-refractivity contribution in [1.82, 2.24) is 0 Å². The lowest BCUT2D eigenvalue weighted by Gasteiger charge is -2.03. The molecular weight excluding hydrogens is 140 g/mol. The number of ketones is 1. The fourth-order valence-electron chi connectivity index (χ4n) is 0.862. The molecule has 0 aliphatic rings. The Bertz CT molecular complexity index is 191. The van der Waals surface area contributed by atoms with Gasteiger partial charge in [-0.25, -0.2) is 0 Å². The summed E-state index contributed by atoms with van der Waals surface area (Å²) in [6.07, 6.45) is 2.03. The van der Waals surface area contributed by atoms with Gasteiger partial charge in [-0.2, -0.15) is 0 Å². The fourth-order valence-corrected chi connectivity index (χ4v) is 0.862. The summed E-state index contributed by atoms with van der Waals surface area (Å²) >= 11 is 0. The first-order valence-corrected chi connectivity index (χ1v) is 3.75. The Hall–Kier alpha value is -1.10. The van der Waals surface area contributed by atoms with Crippen LogP contribution in [0.5, 0.6) is 0 Å². The summed E-state index contributed by atoms with van der Waals surface area (Å²) in [7, 11) is 0. The zero-order chi connectivity index (χ0) is 8.69. The Balaban J connectivity index is 4.09. The van der Waals surface area contributed by atoms with E-state index >= 15 is 0 Å². The summed E-state index contributed by atoms with van der Waals surface area (Å²) < 4.78 is 0. The van der Waals surface area contributed by atoms with Crippen LogP contribution in [0.15, 0.2) is 0 Å². The first-order chi connectivity index (χ1) is 5.26. The van der Waals surface area contributed by atoms with Crippen molar-refractivity contribution in [1.29, 1.82) is 0 Å². The van der Waals surface area contributed by atoms with Gasteiger partial charge in [-0.1, -0.05) is 13.8 Å². The second-order valence-electron chi connectivity index (χ2n) is 2.26. The number of hydrogen-bond acceptors (Lipinski definition) is 2. The lowest BCUT2D eigenvalue weighted by Crippen LogP contribution is -2.09. The normalized spacial score (nSPS) is 8.64. The van der Waals surface area contributed by atoms with E-state index in [1.54, 1.807) is 0 Å². The number of rotatable bonds is 3. The SMILES string of the molecule is CCC(CC)C(=O)C#CC=O. The average Bonchev–Trinajstić information content (AvgIpc) is 2.03. The molecule has 2 heteroatoms. The van der Waals surface area contributed by atoms with Crippen LogP contribution in [-0.4, -0.2) is 12.1 Å². The van der Waals surface area contributed by atoms with Crippen molar-refractivity contribution in [2.75, 3.05) is 0 Å². The fraction of sp³-hybridized carbons (Fsp3) is 0.556. The van der Waals surface area contributed by atoms with Gasteiger partial charge in [-0.15, -0.1) is 0 Å². The molecule has 2 nitrogen and oxygen atoms in total. The lowest BCUT2D eigenvalue weighted by molar-refractivity contribution is -0.117. The third-order valence-electron chi connectivity index (χ3n) is 1.61. The molecular formula is C9H12O2. The van der Waals surface area contributed by atoms with E-state index in [0.717, 1.165) is 12.8 Å². The van der Waals surface area contributed by atoms with Gasteiger partial charge in [0.05, 0.1) is 0 Å². The Morgan fingerprint density at radius 2 is 2.00 bits per heavy atom. The van der Waals surface area contributed by atoms with Gasteiger partial charge >= 0.3 is 0 Å². The van der Waals surface area contributed by atoms with Crippen molar-refractivity contribution in [3.63, 3.8) is 0 Å². The molecule has 0 unspecified atom stereocenters. The molecule has 0 aliphatic heterocycles. The Morgan fingerprint density at radius 3 is 2.36 bits per heavy atom. The van der Waals surface area contributed by atoms with E-state index in [1.807, 2.05) is 13.8 Å². The number of Topliss-reactive ketones (excluding diaryl/α,β-unsaturated/α-hetero) is 1. The van der Waals surface area contributed by atoms with Crippen LogP contribution in [0, 0.1) is 17.8 Å². The predicted octanol–water partition coefficient (Wildman–Crippen LogP) is 1.19. The highest BCUT2D eigenvalue weighted by molar-refractivity contribution is 6.00. The van der Waals surface area contributed by atoms with Crippen LogP contribution in [0.25, 0.3) is 0 Å². The highest BCUT2D eigenvalue weighted by Crippen LogP contribution is 2.07. The van der Waals surface area contributed by atoms with Gasteiger partial charge in [0, 0.05) is 5.92 Å². The summed E-state index contributed by atoms with van der Waals surface area (Å²) in [4.78, 5) is 20.8. The molecule has 0 aromatic carbocycles. The van der Waals surface area contributed by atoms with Crippen LogP contribution in [-0.2, 0) is 9.59 Å². The largest absolute Gasteiger partial charge is 0.289 e. The van der Waals surface area contributed by atoms with Crippen LogP contribution < -0.4 is 0 Å². The maximum atomic E-state index is 11.0. The Morgan fingerprint density at radius 1 is 1.45 bits per heavy atom. The van der Waals surface area contributed by atoms with Crippen LogP contribution in [0.1, 0.15) is 26.7 Å². The van der Waals surface area contributed by atoms with Gasteiger partial charge < -0.3 is 0 Å². The molecule has 0 bridgehead atoms. The molecule has 0 saturated heterocycles. The minimum Gasteiger partial charge on any atom is -0.289 e. The van der Waals surface area contributed by atoms with Gasteiger partial charge in [0.25, 0.3) is 0 Å². The lowest BCUT2D eigenvalue weighted by atomic mass is 9.99. The van der Waals surface area contributed by atoms with E-state index in [2.05, 4.69) is 11.8 Å². The summed E-state index contributed by atoms with van der Waals surface area (Å²) in [5, 5.41) is 0. The van der Waals surface area contributed by atoms with E-state index in [4.69, 9.17) is 0 Å². The van der Waals surface area contributed by atoms with Crippen molar-refractivity contribution < 1.29 is 9.59 Å². The molecule has 11 heavy (non-hydrogen) atoms. The van der Waals surface area contributed by atoms with Gasteiger partial charge in [0.2, 0.25) is 5.78 Å². The molecule has 0 fully saturated rings. The second-order valence-corrected chi connectivity index (χ2v) is 2.26. The second kappa shape index (κ2) is 5.67. The molecule has 0 amide bonds. The molecule has 60 valence electrons. The molecule has 0 heterocycles. The predicted molar refractivity (Wildman–Crippen MR) is 42.9 cm³/mol.